The fourth-order valence-electron chi connectivity index (χ4n) is 7.13. The number of benzene rings is 6. The zero-order valence-corrected chi connectivity index (χ0v) is 37.3. The van der Waals surface area contributed by atoms with Crippen LogP contribution in [0.5, 0.6) is 0 Å². The van der Waals surface area contributed by atoms with E-state index >= 15 is 0 Å². The number of azo groups is 1. The third kappa shape index (κ3) is 9.28. The molecule has 0 spiro atoms. The molecule has 0 radical (unpaired) electrons. The van der Waals surface area contributed by atoms with E-state index in [4.69, 9.17) is 11.5 Å². The van der Waals surface area contributed by atoms with Gasteiger partial charge in [0.2, 0.25) is 11.6 Å². The van der Waals surface area contributed by atoms with Crippen LogP contribution in [0.4, 0.5) is 34.1 Å². The van der Waals surface area contributed by atoms with Crippen LogP contribution in [0.3, 0.4) is 0 Å². The number of hydrogen-bond acceptors (Lipinski definition) is 18. The highest BCUT2D eigenvalue weighted by molar-refractivity contribution is 7.91. The number of ketones is 2. The minimum atomic E-state index is -5.11. The number of hydrazone groups is 2. The number of hydrogen-bond donors (Lipinski definition) is 8. The van der Waals surface area contributed by atoms with Crippen molar-refractivity contribution in [3.05, 3.63) is 141 Å². The molecular formula is C42H30N8O14S4. The zero-order chi connectivity index (χ0) is 49.1. The molecule has 6 aromatic rings. The number of Topliss-reactive ketones (excluding diaryl/α,β-unsaturated/α-hetero) is 2. The predicted molar refractivity (Wildman–Crippen MR) is 251 cm³/mol. The van der Waals surface area contributed by atoms with Gasteiger partial charge in [-0.05, 0) is 95.1 Å². The van der Waals surface area contributed by atoms with Gasteiger partial charge in [0.15, 0.2) is 11.4 Å². The van der Waals surface area contributed by atoms with E-state index in [2.05, 4.69) is 31.3 Å². The fourth-order valence-corrected chi connectivity index (χ4v) is 9.55. The molecular weight excluding hydrogens is 969 g/mol. The van der Waals surface area contributed by atoms with Crippen LogP contribution >= 0.6 is 0 Å². The van der Waals surface area contributed by atoms with Crippen LogP contribution in [-0.4, -0.2) is 74.9 Å². The summed E-state index contributed by atoms with van der Waals surface area (Å²) in [5.74, 6) is -2.10. The van der Waals surface area contributed by atoms with Crippen LogP contribution in [0, 0.1) is 0 Å². The molecule has 22 nitrogen and oxygen atoms in total. The molecule has 6 aromatic carbocycles. The van der Waals surface area contributed by atoms with Gasteiger partial charge >= 0.3 is 0 Å². The predicted octanol–water partition coefficient (Wildman–Crippen LogP) is 6.37. The Kier molecular flexibility index (Phi) is 11.8. The molecule has 0 amide bonds. The van der Waals surface area contributed by atoms with Gasteiger partial charge in [0.25, 0.3) is 40.5 Å². The summed E-state index contributed by atoms with van der Waals surface area (Å²) in [7, 11) is -19.8. The van der Waals surface area contributed by atoms with Crippen molar-refractivity contribution in [2.24, 2.45) is 20.4 Å². The van der Waals surface area contributed by atoms with Gasteiger partial charge in [0, 0.05) is 22.1 Å². The molecule has 0 bridgehead atoms. The molecule has 0 saturated heterocycles. The van der Waals surface area contributed by atoms with Crippen molar-refractivity contribution in [1.82, 2.24) is 0 Å². The molecule has 0 heterocycles. The lowest BCUT2D eigenvalue weighted by Gasteiger charge is -2.18. The maximum atomic E-state index is 13.5. The third-order valence-corrected chi connectivity index (χ3v) is 13.7. The standard InChI is InChI=1S/C42H30N8O14S4/c43-31-19-27(65(53,54)55)15-23-17-35(67(59,60)61)39(41(51)37(23)31)49-46-26-11-7-22(8-12-26)21-5-9-25(10-6-21)45-47-33-13-14-34(30-4-2-1-3-29(30)33)48-50-40-36(68(62,63)64)18-24-16-28(66(56,57)58)20-32(44)38(24)42(40)52/h1-20,46,48H,43-44H2,(H,53,54,55)(H,56,57,58)(H,59,60,61)(H,62,63,64). The van der Waals surface area contributed by atoms with Gasteiger partial charge in [-0.15, -0.1) is 5.11 Å². The first kappa shape index (κ1) is 46.7. The molecule has 10 N–H and O–H groups in total. The third-order valence-electron chi connectivity index (χ3n) is 10.3. The van der Waals surface area contributed by atoms with Crippen molar-refractivity contribution in [3.63, 3.8) is 0 Å². The Balaban J connectivity index is 0.992. The van der Waals surface area contributed by atoms with E-state index in [1.165, 1.54) is 6.07 Å². The molecule has 0 atom stereocenters. The number of allylic oxidation sites excluding steroid dienone is 2. The highest BCUT2D eigenvalue weighted by atomic mass is 32.2. The van der Waals surface area contributed by atoms with Gasteiger partial charge in [-0.3, -0.25) is 38.7 Å². The lowest BCUT2D eigenvalue weighted by molar-refractivity contribution is 0.105. The van der Waals surface area contributed by atoms with Crippen LogP contribution < -0.4 is 22.3 Å². The van der Waals surface area contributed by atoms with Crippen LogP contribution in [0.2, 0.25) is 0 Å². The van der Waals surface area contributed by atoms with E-state index in [1.54, 1.807) is 78.9 Å². The summed E-state index contributed by atoms with van der Waals surface area (Å²) in [5, 5.41) is 17.8. The number of fused-ring (bicyclic) bond motifs is 3. The van der Waals surface area contributed by atoms with Gasteiger partial charge in [0.1, 0.15) is 9.81 Å². The number of nitrogen functional groups attached to an aromatic ring is 2. The molecule has 0 aromatic heterocycles. The number of carbonyl (C=O) groups excluding carboxylic acids is 2. The smallest absolute Gasteiger partial charge is 0.296 e. The summed E-state index contributed by atoms with van der Waals surface area (Å²) in [5.41, 5.74) is 16.5. The van der Waals surface area contributed by atoms with Crippen molar-refractivity contribution in [2.75, 3.05) is 22.3 Å². The molecule has 68 heavy (non-hydrogen) atoms. The van der Waals surface area contributed by atoms with Crippen LogP contribution in [0.25, 0.3) is 34.1 Å². The Morgan fingerprint density at radius 1 is 0.485 bits per heavy atom. The van der Waals surface area contributed by atoms with E-state index in [9.17, 15) is 61.5 Å². The first-order valence-corrected chi connectivity index (χ1v) is 24.8. The summed E-state index contributed by atoms with van der Waals surface area (Å²) in [4.78, 5) is 23.6. The average Bonchev–Trinajstić information content (AvgIpc) is 3.26. The Hall–Kier alpha value is -7.82. The number of anilines is 4. The summed E-state index contributed by atoms with van der Waals surface area (Å²) in [6.45, 7) is 0. The number of nitrogens with two attached hydrogens (primary N) is 2. The van der Waals surface area contributed by atoms with Crippen molar-refractivity contribution in [1.29, 1.82) is 0 Å². The highest BCUT2D eigenvalue weighted by Crippen LogP contribution is 2.36. The van der Waals surface area contributed by atoms with Gasteiger partial charge in [-0.2, -0.15) is 49.0 Å². The summed E-state index contributed by atoms with van der Waals surface area (Å²) >= 11 is 0. The number of nitrogens with one attached hydrogen (secondary N) is 2. The molecule has 0 fully saturated rings. The Bertz CT molecular complexity index is 3840. The zero-order valence-electron chi connectivity index (χ0n) is 34.0. The monoisotopic (exact) mass is 998 g/mol. The fraction of sp³-hybridized carbons (Fsp3) is 0. The molecule has 0 aliphatic heterocycles. The molecule has 26 heteroatoms. The lowest BCUT2D eigenvalue weighted by atomic mass is 9.93. The summed E-state index contributed by atoms with van der Waals surface area (Å²) < 4.78 is 135. The van der Waals surface area contributed by atoms with Crippen LogP contribution in [0.1, 0.15) is 31.8 Å². The SMILES string of the molecule is Nc1cc(S(=O)(=O)O)cc2c1C(=O)C(=NNc1ccc(-c3ccc(N=Nc4ccc(NN=C5C(=O)c6c(N)cc(S(=O)(=O)O)cc6C=C5S(=O)(=O)O)c5ccccc45)cc3)cc1)C(S(=O)(=O)O)=C2. The van der Waals surface area contributed by atoms with Gasteiger partial charge in [-0.25, -0.2) is 0 Å². The van der Waals surface area contributed by atoms with Crippen LogP contribution in [0.15, 0.2) is 149 Å². The molecule has 2 aliphatic rings. The summed E-state index contributed by atoms with van der Waals surface area (Å²) in [6, 6.07) is 26.7. The van der Waals surface area contributed by atoms with Gasteiger partial charge in [-0.1, -0.05) is 48.5 Å². The first-order chi connectivity index (χ1) is 31.9. The van der Waals surface area contributed by atoms with Crippen molar-refractivity contribution >= 4 is 121 Å². The average molecular weight is 999 g/mol. The molecule has 346 valence electrons. The number of rotatable bonds is 11. The van der Waals surface area contributed by atoms with E-state index in [0.29, 0.717) is 27.8 Å². The summed E-state index contributed by atoms with van der Waals surface area (Å²) in [6.07, 6.45) is 1.61. The molecule has 0 unspecified atom stereocenters. The van der Waals surface area contributed by atoms with Crippen molar-refractivity contribution < 1.29 is 61.5 Å². The minimum Gasteiger partial charge on any atom is -0.398 e. The topological polar surface area (TPSA) is 377 Å². The Labute approximate surface area is 385 Å². The van der Waals surface area contributed by atoms with E-state index < -0.39 is 88.8 Å². The largest absolute Gasteiger partial charge is 0.398 e. The number of nitrogens with zero attached hydrogens (tertiary/aromatic N) is 4. The van der Waals surface area contributed by atoms with Gasteiger partial charge < -0.3 is 11.5 Å². The first-order valence-electron chi connectivity index (χ1n) is 19.0. The van der Waals surface area contributed by atoms with E-state index in [1.807, 2.05) is 0 Å². The lowest BCUT2D eigenvalue weighted by Crippen LogP contribution is -2.28. The van der Waals surface area contributed by atoms with Crippen molar-refractivity contribution in [3.8, 4) is 11.1 Å². The normalized spacial score (nSPS) is 15.6. The number of carbonyl (C=O) groups is 2. The Morgan fingerprint density at radius 3 is 1.41 bits per heavy atom. The maximum absolute atomic E-state index is 13.5. The highest BCUT2D eigenvalue weighted by Gasteiger charge is 2.37. The van der Waals surface area contributed by atoms with E-state index in [-0.39, 0.29) is 33.6 Å². The molecule has 0 saturated carbocycles. The Morgan fingerprint density at radius 2 is 0.941 bits per heavy atom. The van der Waals surface area contributed by atoms with E-state index in [0.717, 1.165) is 47.5 Å². The molecule has 8 rings (SSSR count). The van der Waals surface area contributed by atoms with Crippen molar-refractivity contribution in [2.45, 2.75) is 9.79 Å². The van der Waals surface area contributed by atoms with Crippen LogP contribution in [-0.2, 0) is 40.5 Å². The minimum absolute atomic E-state index is 0.281. The van der Waals surface area contributed by atoms with Gasteiger partial charge in [0.05, 0.1) is 43.7 Å². The second kappa shape index (κ2) is 17.1. The quantitative estimate of drug-likeness (QED) is 0.0302. The molecule has 2 aliphatic carbocycles. The second-order valence-electron chi connectivity index (χ2n) is 14.7. The second-order valence-corrected chi connectivity index (χ2v) is 20.3. The maximum Gasteiger partial charge on any atom is 0.296 e.